The van der Waals surface area contributed by atoms with Crippen molar-refractivity contribution < 1.29 is 0 Å². The van der Waals surface area contributed by atoms with Crippen molar-refractivity contribution in [2.24, 2.45) is 23.7 Å². The van der Waals surface area contributed by atoms with Gasteiger partial charge in [-0.15, -0.1) is 0 Å². The Bertz CT molecular complexity index is 2540. The summed E-state index contributed by atoms with van der Waals surface area (Å²) in [5.41, 5.74) is 9.86. The highest BCUT2D eigenvalue weighted by Gasteiger charge is 2.58. The largest absolute Gasteiger partial charge is 0.308 e. The highest BCUT2D eigenvalue weighted by Crippen LogP contribution is 2.65. The van der Waals surface area contributed by atoms with E-state index in [1.165, 1.54) is 64.8 Å². The number of rotatable bonds is 4. The Hall–Kier alpha value is -6.10. The van der Waals surface area contributed by atoms with Gasteiger partial charge in [-0.05, 0) is 115 Å². The van der Waals surface area contributed by atoms with Crippen LogP contribution in [0.25, 0.3) is 55.0 Å². The number of nitriles is 2. The summed E-state index contributed by atoms with van der Waals surface area (Å²) in [6.45, 7) is 0. The second-order valence-corrected chi connectivity index (χ2v) is 15.6. The van der Waals surface area contributed by atoms with Gasteiger partial charge in [0, 0.05) is 27.0 Å². The van der Waals surface area contributed by atoms with E-state index in [9.17, 15) is 10.5 Å². The average Bonchev–Trinajstić information content (AvgIpc) is 3.70. The van der Waals surface area contributed by atoms with Crippen LogP contribution in [0, 0.1) is 46.3 Å². The highest BCUT2D eigenvalue weighted by molar-refractivity contribution is 6.10. The molecular weight excluding hydrogens is 633 g/mol. The number of aromatic nitrogens is 2. The molecule has 4 bridgehead atoms. The zero-order valence-corrected chi connectivity index (χ0v) is 28.8. The van der Waals surface area contributed by atoms with Gasteiger partial charge in [-0.1, -0.05) is 84.9 Å². The minimum Gasteiger partial charge on any atom is -0.308 e. The molecule has 2 heterocycles. The summed E-state index contributed by atoms with van der Waals surface area (Å²) in [6.07, 6.45) is 6.19. The topological polar surface area (TPSA) is 57.4 Å². The fraction of sp³-hybridized carbons (Fsp3) is 0.208. The maximum Gasteiger partial charge on any atom is 0.101 e. The van der Waals surface area contributed by atoms with Gasteiger partial charge in [0.25, 0.3) is 0 Å². The van der Waals surface area contributed by atoms with Crippen molar-refractivity contribution >= 4 is 43.6 Å². The first-order chi connectivity index (χ1) is 25.7. The molecule has 0 spiro atoms. The second kappa shape index (κ2) is 10.9. The van der Waals surface area contributed by atoms with Gasteiger partial charge in [0.1, 0.15) is 12.1 Å². The summed E-state index contributed by atoms with van der Waals surface area (Å²) in [4.78, 5) is 0. The third kappa shape index (κ3) is 3.90. The number of hydrogen-bond acceptors (Lipinski definition) is 2. The molecule has 0 unspecified atom stereocenters. The van der Waals surface area contributed by atoms with Crippen molar-refractivity contribution in [3.63, 3.8) is 0 Å². The van der Waals surface area contributed by atoms with E-state index in [0.717, 1.165) is 45.3 Å². The second-order valence-electron chi connectivity index (χ2n) is 15.6. The van der Waals surface area contributed by atoms with Crippen molar-refractivity contribution in [1.29, 1.82) is 10.5 Å². The van der Waals surface area contributed by atoms with Gasteiger partial charge < -0.3 is 9.13 Å². The summed E-state index contributed by atoms with van der Waals surface area (Å²) < 4.78 is 4.54. The van der Waals surface area contributed by atoms with E-state index in [-0.39, 0.29) is 5.41 Å². The first-order valence-corrected chi connectivity index (χ1v) is 18.7. The van der Waals surface area contributed by atoms with Crippen LogP contribution in [0.15, 0.2) is 133 Å². The Morgan fingerprint density at radius 1 is 0.442 bits per heavy atom. The van der Waals surface area contributed by atoms with Crippen LogP contribution >= 0.6 is 0 Å². The van der Waals surface area contributed by atoms with Crippen LogP contribution in [0.1, 0.15) is 54.4 Å². The van der Waals surface area contributed by atoms with E-state index in [1.807, 2.05) is 0 Å². The summed E-state index contributed by atoms with van der Waals surface area (Å²) in [5.74, 6) is 2.49. The third-order valence-electron chi connectivity index (χ3n) is 13.3. The molecule has 248 valence electrons. The number of nitrogens with zero attached hydrogens (tertiary/aromatic N) is 4. The molecule has 4 fully saturated rings. The lowest BCUT2D eigenvalue weighted by atomic mass is 9.42. The summed E-state index contributed by atoms with van der Waals surface area (Å²) >= 11 is 0. The van der Waals surface area contributed by atoms with Crippen molar-refractivity contribution in [2.45, 2.75) is 37.5 Å². The van der Waals surface area contributed by atoms with Crippen molar-refractivity contribution in [3.8, 4) is 23.5 Å². The lowest BCUT2D eigenvalue weighted by molar-refractivity contribution is -0.0418. The maximum absolute atomic E-state index is 10.9. The maximum atomic E-state index is 10.9. The lowest BCUT2D eigenvalue weighted by Gasteiger charge is -2.62. The fourth-order valence-corrected chi connectivity index (χ4v) is 11.6. The molecule has 0 atom stereocenters. The number of hydrogen-bond donors (Lipinski definition) is 0. The van der Waals surface area contributed by atoms with Gasteiger partial charge in [-0.2, -0.15) is 10.5 Å². The number of para-hydroxylation sites is 4. The van der Waals surface area contributed by atoms with E-state index in [1.54, 1.807) is 0 Å². The Kier molecular flexibility index (Phi) is 6.24. The van der Waals surface area contributed by atoms with Gasteiger partial charge in [0.05, 0.1) is 44.6 Å². The minimum absolute atomic E-state index is 0.261. The molecule has 4 aliphatic carbocycles. The normalized spacial score (nSPS) is 21.6. The monoisotopic (exact) mass is 668 g/mol. The van der Waals surface area contributed by atoms with Crippen LogP contribution in [-0.2, 0) is 5.41 Å². The van der Waals surface area contributed by atoms with Crippen LogP contribution in [0.2, 0.25) is 0 Å². The molecule has 4 nitrogen and oxygen atoms in total. The quantitative estimate of drug-likeness (QED) is 0.187. The smallest absolute Gasteiger partial charge is 0.101 e. The molecule has 4 heteroatoms. The van der Waals surface area contributed by atoms with Crippen molar-refractivity contribution in [1.82, 2.24) is 9.13 Å². The molecule has 52 heavy (non-hydrogen) atoms. The third-order valence-corrected chi connectivity index (χ3v) is 13.3. The minimum atomic E-state index is -0.261. The van der Waals surface area contributed by atoms with Gasteiger partial charge >= 0.3 is 0 Å². The molecule has 4 aliphatic rings. The number of benzene rings is 6. The molecule has 0 N–H and O–H groups in total. The van der Waals surface area contributed by atoms with Crippen molar-refractivity contribution in [2.75, 3.05) is 0 Å². The SMILES string of the molecule is N#Cc1cc(C2(c3ccc(-n4c5ccccc5c5ccccc54)c(C#N)c3)C3CC4CC(C3)CC2C4)ccc1-n1c2ccccc2c2ccccc21. The Balaban J connectivity index is 1.13. The van der Waals surface area contributed by atoms with Gasteiger partial charge in [0.15, 0.2) is 0 Å². The van der Waals surface area contributed by atoms with Crippen LogP contribution in [0.4, 0.5) is 0 Å². The zero-order chi connectivity index (χ0) is 34.6. The zero-order valence-electron chi connectivity index (χ0n) is 28.8. The standard InChI is InChI=1S/C48H36N4/c49-28-32-26-34(17-19-42(32)51-44-13-5-1-9-38(44)39-10-2-6-14-45(39)51)48(36-22-30-21-31(24-36)25-37(48)23-30)35-18-20-43(33(27-35)29-50)52-46-15-7-3-11-40(46)41-12-4-8-16-47(41)52/h1-20,26-27,30-31,36-37H,21-25H2. The van der Waals surface area contributed by atoms with Crippen LogP contribution in [-0.4, -0.2) is 9.13 Å². The highest BCUT2D eigenvalue weighted by atomic mass is 15.0. The van der Waals surface area contributed by atoms with Crippen molar-refractivity contribution in [3.05, 3.63) is 156 Å². The summed E-state index contributed by atoms with van der Waals surface area (Å²) in [6, 6.07) is 52.8. The molecule has 12 rings (SSSR count). The van der Waals surface area contributed by atoms with Gasteiger partial charge in [0.2, 0.25) is 0 Å². The Morgan fingerprint density at radius 3 is 1.13 bits per heavy atom. The van der Waals surface area contributed by atoms with E-state index >= 15 is 0 Å². The summed E-state index contributed by atoms with van der Waals surface area (Å²) in [7, 11) is 0. The average molecular weight is 669 g/mol. The molecule has 6 aromatic carbocycles. The number of fused-ring (bicyclic) bond motifs is 6. The Labute approximate surface area is 302 Å². The first kappa shape index (κ1) is 29.6. The molecule has 0 radical (unpaired) electrons. The molecule has 0 amide bonds. The molecule has 0 saturated heterocycles. The molecule has 4 saturated carbocycles. The molecule has 0 aliphatic heterocycles. The van der Waals surface area contributed by atoms with Crippen LogP contribution in [0.5, 0.6) is 0 Å². The van der Waals surface area contributed by atoms with Crippen LogP contribution in [0.3, 0.4) is 0 Å². The molecule has 2 aromatic heterocycles. The fourth-order valence-electron chi connectivity index (χ4n) is 11.6. The van der Waals surface area contributed by atoms with Gasteiger partial charge in [-0.3, -0.25) is 0 Å². The van der Waals surface area contributed by atoms with E-state index < -0.39 is 0 Å². The predicted molar refractivity (Wildman–Crippen MR) is 209 cm³/mol. The first-order valence-electron chi connectivity index (χ1n) is 18.7. The summed E-state index contributed by atoms with van der Waals surface area (Å²) in [5, 5.41) is 26.5. The van der Waals surface area contributed by atoms with E-state index in [4.69, 9.17) is 0 Å². The van der Waals surface area contributed by atoms with Gasteiger partial charge in [-0.25, -0.2) is 0 Å². The van der Waals surface area contributed by atoms with Crippen LogP contribution < -0.4 is 0 Å². The molecule has 8 aromatic rings. The van der Waals surface area contributed by atoms with E-state index in [0.29, 0.717) is 23.0 Å². The molecular formula is C48H36N4. The lowest BCUT2D eigenvalue weighted by Crippen LogP contribution is -2.56. The van der Waals surface area contributed by atoms with E-state index in [2.05, 4.69) is 155 Å². The Morgan fingerprint density at radius 2 is 0.788 bits per heavy atom. The predicted octanol–water partition coefficient (Wildman–Crippen LogP) is 11.4.